The molecular weight excluding hydrogens is 294 g/mol. The van der Waals surface area contributed by atoms with Crippen molar-refractivity contribution in [3.63, 3.8) is 0 Å². The predicted molar refractivity (Wildman–Crippen MR) is 90.5 cm³/mol. The van der Waals surface area contributed by atoms with Crippen LogP contribution in [0.2, 0.25) is 5.02 Å². The van der Waals surface area contributed by atoms with Gasteiger partial charge in [0.2, 0.25) is 0 Å². The average Bonchev–Trinajstić information content (AvgIpc) is 2.50. The van der Waals surface area contributed by atoms with Gasteiger partial charge < -0.3 is 4.74 Å². The van der Waals surface area contributed by atoms with Crippen molar-refractivity contribution in [1.82, 2.24) is 0 Å². The van der Waals surface area contributed by atoms with Crippen LogP contribution in [0.3, 0.4) is 0 Å². The van der Waals surface area contributed by atoms with Crippen molar-refractivity contribution in [1.29, 1.82) is 5.26 Å². The van der Waals surface area contributed by atoms with Crippen LogP contribution >= 0.6 is 11.6 Å². The van der Waals surface area contributed by atoms with Crippen LogP contribution in [0.5, 0.6) is 5.75 Å². The van der Waals surface area contributed by atoms with Gasteiger partial charge in [0.15, 0.2) is 0 Å². The van der Waals surface area contributed by atoms with Crippen molar-refractivity contribution in [3.8, 4) is 11.8 Å². The van der Waals surface area contributed by atoms with E-state index in [9.17, 15) is 5.26 Å². The second-order valence-corrected chi connectivity index (χ2v) is 5.93. The highest BCUT2D eigenvalue weighted by Crippen LogP contribution is 2.24. The zero-order chi connectivity index (χ0) is 15.9. The van der Waals surface area contributed by atoms with Gasteiger partial charge in [0.05, 0.1) is 18.6 Å². The lowest BCUT2D eigenvalue weighted by atomic mass is 9.96. The Kier molecular flexibility index (Phi) is 5.86. The monoisotopic (exact) mass is 313 g/mol. The molecule has 0 aromatic heterocycles. The number of rotatable bonds is 6. The minimum Gasteiger partial charge on any atom is -0.493 e. The number of benzene rings is 2. The first-order chi connectivity index (χ1) is 10.6. The third-order valence-electron chi connectivity index (χ3n) is 3.65. The minimum atomic E-state index is -0.138. The smallest absolute Gasteiger partial charge is 0.122 e. The van der Waals surface area contributed by atoms with E-state index in [4.69, 9.17) is 16.3 Å². The SMILES string of the molecule is Cc1ccc(C)c(OCCCC(C#N)c2cccc(Cl)c2)c1. The third kappa shape index (κ3) is 4.51. The molecule has 2 aromatic carbocycles. The van der Waals surface area contributed by atoms with Crippen molar-refractivity contribution in [2.75, 3.05) is 6.61 Å². The van der Waals surface area contributed by atoms with E-state index in [1.165, 1.54) is 5.56 Å². The highest BCUT2D eigenvalue weighted by Gasteiger charge is 2.11. The predicted octanol–water partition coefficient (Wildman–Crippen LogP) is 5.42. The minimum absolute atomic E-state index is 0.138. The number of hydrogen-bond acceptors (Lipinski definition) is 2. The van der Waals surface area contributed by atoms with Gasteiger partial charge in [0.1, 0.15) is 5.75 Å². The molecule has 0 saturated heterocycles. The lowest BCUT2D eigenvalue weighted by Crippen LogP contribution is -2.03. The lowest BCUT2D eigenvalue weighted by Gasteiger charge is -2.12. The molecule has 114 valence electrons. The van der Waals surface area contributed by atoms with Crippen LogP contribution in [0.15, 0.2) is 42.5 Å². The maximum absolute atomic E-state index is 9.33. The van der Waals surface area contributed by atoms with Crippen molar-refractivity contribution < 1.29 is 4.74 Å². The Hall–Kier alpha value is -1.98. The van der Waals surface area contributed by atoms with Crippen LogP contribution in [-0.4, -0.2) is 6.61 Å². The van der Waals surface area contributed by atoms with Gasteiger partial charge in [-0.15, -0.1) is 0 Å². The number of nitrogens with zero attached hydrogens (tertiary/aromatic N) is 1. The van der Waals surface area contributed by atoms with E-state index in [-0.39, 0.29) is 5.92 Å². The molecule has 0 spiro atoms. The Morgan fingerprint density at radius 2 is 2.00 bits per heavy atom. The Morgan fingerprint density at radius 1 is 1.18 bits per heavy atom. The normalized spacial score (nSPS) is 11.7. The summed E-state index contributed by atoms with van der Waals surface area (Å²) in [5.41, 5.74) is 3.30. The summed E-state index contributed by atoms with van der Waals surface area (Å²) in [5, 5.41) is 10.0. The molecule has 0 radical (unpaired) electrons. The first-order valence-electron chi connectivity index (χ1n) is 7.45. The highest BCUT2D eigenvalue weighted by atomic mass is 35.5. The fourth-order valence-corrected chi connectivity index (χ4v) is 2.56. The van der Waals surface area contributed by atoms with Crippen LogP contribution in [0.25, 0.3) is 0 Å². The van der Waals surface area contributed by atoms with Crippen LogP contribution < -0.4 is 4.74 Å². The van der Waals surface area contributed by atoms with Gasteiger partial charge in [-0.3, -0.25) is 0 Å². The Balaban J connectivity index is 1.87. The molecule has 0 bridgehead atoms. The van der Waals surface area contributed by atoms with Gasteiger partial charge >= 0.3 is 0 Å². The van der Waals surface area contributed by atoms with Crippen LogP contribution in [-0.2, 0) is 0 Å². The molecular formula is C19H20ClNO. The van der Waals surface area contributed by atoms with Gasteiger partial charge in [-0.05, 0) is 61.6 Å². The van der Waals surface area contributed by atoms with Gasteiger partial charge in [0.25, 0.3) is 0 Å². The van der Waals surface area contributed by atoms with Crippen molar-refractivity contribution in [2.24, 2.45) is 0 Å². The third-order valence-corrected chi connectivity index (χ3v) is 3.88. The molecule has 0 aliphatic rings. The molecule has 0 N–H and O–H groups in total. The fraction of sp³-hybridized carbons (Fsp3) is 0.316. The summed E-state index contributed by atoms with van der Waals surface area (Å²) in [6.07, 6.45) is 1.60. The second-order valence-electron chi connectivity index (χ2n) is 5.50. The van der Waals surface area contributed by atoms with E-state index in [1.54, 1.807) is 0 Å². The van der Waals surface area contributed by atoms with Gasteiger partial charge in [-0.25, -0.2) is 0 Å². The highest BCUT2D eigenvalue weighted by molar-refractivity contribution is 6.30. The Morgan fingerprint density at radius 3 is 2.73 bits per heavy atom. The largest absolute Gasteiger partial charge is 0.493 e. The number of nitriles is 1. The Labute approximate surface area is 137 Å². The molecule has 22 heavy (non-hydrogen) atoms. The van der Waals surface area contributed by atoms with Crippen LogP contribution in [0.4, 0.5) is 0 Å². The van der Waals surface area contributed by atoms with Crippen LogP contribution in [0, 0.1) is 25.2 Å². The Bertz CT molecular complexity index is 675. The van der Waals surface area contributed by atoms with E-state index < -0.39 is 0 Å². The van der Waals surface area contributed by atoms with E-state index in [1.807, 2.05) is 37.3 Å². The van der Waals surface area contributed by atoms with Gasteiger partial charge in [-0.1, -0.05) is 35.9 Å². The van der Waals surface area contributed by atoms with E-state index in [2.05, 4.69) is 25.1 Å². The molecule has 0 fully saturated rings. The summed E-state index contributed by atoms with van der Waals surface area (Å²) in [6, 6.07) is 16.1. The first-order valence-corrected chi connectivity index (χ1v) is 7.83. The molecule has 2 rings (SSSR count). The van der Waals surface area contributed by atoms with Crippen molar-refractivity contribution in [2.45, 2.75) is 32.6 Å². The maximum Gasteiger partial charge on any atom is 0.122 e. The maximum atomic E-state index is 9.33. The first kappa shape index (κ1) is 16.4. The topological polar surface area (TPSA) is 33.0 Å². The number of hydrogen-bond donors (Lipinski definition) is 0. The molecule has 0 heterocycles. The zero-order valence-electron chi connectivity index (χ0n) is 13.0. The summed E-state index contributed by atoms with van der Waals surface area (Å²) in [6.45, 7) is 4.71. The molecule has 1 unspecified atom stereocenters. The number of ether oxygens (including phenoxy) is 1. The summed E-state index contributed by atoms with van der Waals surface area (Å²) in [5.74, 6) is 0.789. The molecule has 1 atom stereocenters. The summed E-state index contributed by atoms with van der Waals surface area (Å²) < 4.78 is 5.84. The summed E-state index contributed by atoms with van der Waals surface area (Å²) in [7, 11) is 0. The molecule has 0 amide bonds. The molecule has 3 heteroatoms. The molecule has 0 saturated carbocycles. The fourth-order valence-electron chi connectivity index (χ4n) is 2.36. The zero-order valence-corrected chi connectivity index (χ0v) is 13.7. The standard InChI is InChI=1S/C19H20ClNO/c1-14-8-9-15(2)19(11-14)22-10-4-6-17(13-21)16-5-3-7-18(20)12-16/h3,5,7-9,11-12,17H,4,6,10H2,1-2H3. The summed E-state index contributed by atoms with van der Waals surface area (Å²) >= 11 is 5.99. The molecule has 2 nitrogen and oxygen atoms in total. The second kappa shape index (κ2) is 7.87. The quantitative estimate of drug-likeness (QED) is 0.667. The average molecular weight is 314 g/mol. The molecule has 0 aliphatic carbocycles. The van der Waals surface area contributed by atoms with Crippen molar-refractivity contribution in [3.05, 3.63) is 64.2 Å². The van der Waals surface area contributed by atoms with Gasteiger partial charge in [-0.2, -0.15) is 5.26 Å². The number of aryl methyl sites for hydroxylation is 2. The molecule has 0 aliphatic heterocycles. The van der Waals surface area contributed by atoms with E-state index in [0.29, 0.717) is 11.6 Å². The van der Waals surface area contributed by atoms with Crippen molar-refractivity contribution >= 4 is 11.6 Å². The van der Waals surface area contributed by atoms with Crippen LogP contribution in [0.1, 0.15) is 35.4 Å². The number of halogens is 1. The molecule has 2 aromatic rings. The van der Waals surface area contributed by atoms with E-state index >= 15 is 0 Å². The van der Waals surface area contributed by atoms with E-state index in [0.717, 1.165) is 29.7 Å². The van der Waals surface area contributed by atoms with Gasteiger partial charge in [0, 0.05) is 5.02 Å². The lowest BCUT2D eigenvalue weighted by molar-refractivity contribution is 0.303. The summed E-state index contributed by atoms with van der Waals surface area (Å²) in [4.78, 5) is 0.